The number of nitrogens with two attached hydrogens (primary N) is 1. The van der Waals surface area contributed by atoms with Gasteiger partial charge in [-0.2, -0.15) is 0 Å². The molecule has 0 aliphatic heterocycles. The highest BCUT2D eigenvalue weighted by Gasteiger charge is 2.05. The summed E-state index contributed by atoms with van der Waals surface area (Å²) < 4.78 is 4.77. The van der Waals surface area contributed by atoms with Crippen molar-refractivity contribution in [2.75, 3.05) is 6.54 Å². The number of allylic oxidation sites excluding steroid dienone is 1. The van der Waals surface area contributed by atoms with E-state index in [-0.39, 0.29) is 25.2 Å². The van der Waals surface area contributed by atoms with Gasteiger partial charge in [-0.15, -0.1) is 0 Å². The SMILES string of the molecule is CC(C)CC=COC(=O)CCC(=O)CN. The van der Waals surface area contributed by atoms with Crippen molar-refractivity contribution < 1.29 is 14.3 Å². The molecule has 0 aromatic carbocycles. The van der Waals surface area contributed by atoms with Crippen LogP contribution in [-0.4, -0.2) is 18.3 Å². The number of esters is 1. The molecule has 0 aromatic heterocycles. The number of hydrogen-bond acceptors (Lipinski definition) is 4. The van der Waals surface area contributed by atoms with Crippen molar-refractivity contribution >= 4 is 11.8 Å². The van der Waals surface area contributed by atoms with Gasteiger partial charge in [0.2, 0.25) is 0 Å². The van der Waals surface area contributed by atoms with Gasteiger partial charge in [0, 0.05) is 6.42 Å². The van der Waals surface area contributed by atoms with Crippen LogP contribution >= 0.6 is 0 Å². The molecule has 86 valence electrons. The van der Waals surface area contributed by atoms with Crippen LogP contribution in [0.5, 0.6) is 0 Å². The van der Waals surface area contributed by atoms with E-state index in [0.717, 1.165) is 6.42 Å². The molecule has 0 fully saturated rings. The summed E-state index contributed by atoms with van der Waals surface area (Å²) in [5.74, 6) is 0.0219. The monoisotopic (exact) mass is 213 g/mol. The lowest BCUT2D eigenvalue weighted by Crippen LogP contribution is -2.14. The fraction of sp³-hybridized carbons (Fsp3) is 0.636. The Bertz CT molecular complexity index is 234. The molecular formula is C11H19NO3. The van der Waals surface area contributed by atoms with Crippen LogP contribution in [-0.2, 0) is 14.3 Å². The fourth-order valence-corrected chi connectivity index (χ4v) is 0.854. The van der Waals surface area contributed by atoms with Gasteiger partial charge in [-0.1, -0.05) is 13.8 Å². The summed E-state index contributed by atoms with van der Waals surface area (Å²) >= 11 is 0. The summed E-state index contributed by atoms with van der Waals surface area (Å²) in [5.41, 5.74) is 5.10. The van der Waals surface area contributed by atoms with Crippen LogP contribution in [0.25, 0.3) is 0 Å². The lowest BCUT2D eigenvalue weighted by Gasteiger charge is -1.99. The first kappa shape index (κ1) is 13.8. The predicted molar refractivity (Wildman–Crippen MR) is 58.0 cm³/mol. The van der Waals surface area contributed by atoms with Crippen LogP contribution in [0.3, 0.4) is 0 Å². The maximum Gasteiger partial charge on any atom is 0.311 e. The van der Waals surface area contributed by atoms with Gasteiger partial charge in [0.15, 0.2) is 0 Å². The Hall–Kier alpha value is -1.16. The summed E-state index contributed by atoms with van der Waals surface area (Å²) in [5, 5.41) is 0. The molecule has 0 amide bonds. The van der Waals surface area contributed by atoms with E-state index in [0.29, 0.717) is 5.92 Å². The number of rotatable bonds is 7. The van der Waals surface area contributed by atoms with Gasteiger partial charge in [-0.3, -0.25) is 9.59 Å². The number of hydrogen-bond donors (Lipinski definition) is 1. The van der Waals surface area contributed by atoms with Crippen molar-refractivity contribution in [1.82, 2.24) is 0 Å². The van der Waals surface area contributed by atoms with Crippen LogP contribution in [0.1, 0.15) is 33.1 Å². The summed E-state index contributed by atoms with van der Waals surface area (Å²) in [6, 6.07) is 0. The van der Waals surface area contributed by atoms with Crippen LogP contribution in [0.4, 0.5) is 0 Å². The minimum atomic E-state index is -0.392. The molecule has 0 aliphatic carbocycles. The molecule has 0 rings (SSSR count). The second-order valence-corrected chi connectivity index (χ2v) is 3.73. The second kappa shape index (κ2) is 8.17. The zero-order valence-corrected chi connectivity index (χ0v) is 9.36. The van der Waals surface area contributed by atoms with Crippen molar-refractivity contribution in [2.24, 2.45) is 11.7 Å². The van der Waals surface area contributed by atoms with E-state index in [2.05, 4.69) is 13.8 Å². The third-order valence-electron chi connectivity index (χ3n) is 1.74. The first-order valence-corrected chi connectivity index (χ1v) is 5.12. The zero-order valence-electron chi connectivity index (χ0n) is 9.36. The topological polar surface area (TPSA) is 69.4 Å². The highest BCUT2D eigenvalue weighted by Crippen LogP contribution is 2.00. The Morgan fingerprint density at radius 3 is 2.53 bits per heavy atom. The average molecular weight is 213 g/mol. The third-order valence-corrected chi connectivity index (χ3v) is 1.74. The van der Waals surface area contributed by atoms with Gasteiger partial charge in [0.05, 0.1) is 19.2 Å². The summed E-state index contributed by atoms with van der Waals surface area (Å²) in [4.78, 5) is 21.8. The maximum atomic E-state index is 11.0. The van der Waals surface area contributed by atoms with Gasteiger partial charge in [0.25, 0.3) is 0 Å². The van der Waals surface area contributed by atoms with Crippen molar-refractivity contribution in [2.45, 2.75) is 33.1 Å². The molecule has 4 heteroatoms. The van der Waals surface area contributed by atoms with Crippen LogP contribution < -0.4 is 5.73 Å². The molecule has 0 aromatic rings. The molecular weight excluding hydrogens is 194 g/mol. The van der Waals surface area contributed by atoms with E-state index in [1.807, 2.05) is 0 Å². The minimum absolute atomic E-state index is 0.0174. The molecule has 0 aliphatic rings. The third kappa shape index (κ3) is 9.15. The lowest BCUT2D eigenvalue weighted by molar-refractivity contribution is -0.139. The highest BCUT2D eigenvalue weighted by atomic mass is 16.5. The average Bonchev–Trinajstić information content (AvgIpc) is 2.20. The van der Waals surface area contributed by atoms with Crippen molar-refractivity contribution in [3.63, 3.8) is 0 Å². The van der Waals surface area contributed by atoms with Crippen molar-refractivity contribution in [3.05, 3.63) is 12.3 Å². The molecule has 2 N–H and O–H groups in total. The lowest BCUT2D eigenvalue weighted by atomic mass is 10.1. The molecule has 4 nitrogen and oxygen atoms in total. The second-order valence-electron chi connectivity index (χ2n) is 3.73. The Kier molecular flexibility index (Phi) is 7.54. The van der Waals surface area contributed by atoms with Crippen LogP contribution in [0, 0.1) is 5.92 Å². The molecule has 0 atom stereocenters. The fourth-order valence-electron chi connectivity index (χ4n) is 0.854. The molecule has 0 spiro atoms. The van der Waals surface area contributed by atoms with Gasteiger partial charge < -0.3 is 10.5 Å². The molecule has 0 radical (unpaired) electrons. The van der Waals surface area contributed by atoms with Crippen LogP contribution in [0.2, 0.25) is 0 Å². The Labute approximate surface area is 90.5 Å². The predicted octanol–water partition coefficient (Wildman–Crippen LogP) is 1.40. The summed E-state index contributed by atoms with van der Waals surface area (Å²) in [7, 11) is 0. The zero-order chi connectivity index (χ0) is 11.7. The largest absolute Gasteiger partial charge is 0.435 e. The number of carbonyl (C=O) groups is 2. The van der Waals surface area contributed by atoms with E-state index in [4.69, 9.17) is 10.5 Å². The molecule has 0 heterocycles. The number of ether oxygens (including phenoxy) is 1. The van der Waals surface area contributed by atoms with E-state index < -0.39 is 5.97 Å². The summed E-state index contributed by atoms with van der Waals surface area (Å²) in [6.07, 6.45) is 4.31. The van der Waals surface area contributed by atoms with E-state index in [1.165, 1.54) is 6.26 Å². The number of carbonyl (C=O) groups excluding carboxylic acids is 2. The summed E-state index contributed by atoms with van der Waals surface area (Å²) in [6.45, 7) is 4.13. The Morgan fingerprint density at radius 1 is 1.33 bits per heavy atom. The quantitative estimate of drug-likeness (QED) is 0.512. The number of ketones is 1. The first-order chi connectivity index (χ1) is 7.06. The van der Waals surface area contributed by atoms with Gasteiger partial charge in [0.1, 0.15) is 5.78 Å². The molecule has 0 saturated heterocycles. The van der Waals surface area contributed by atoms with Crippen molar-refractivity contribution in [3.8, 4) is 0 Å². The van der Waals surface area contributed by atoms with Gasteiger partial charge >= 0.3 is 5.97 Å². The smallest absolute Gasteiger partial charge is 0.311 e. The van der Waals surface area contributed by atoms with E-state index in [1.54, 1.807) is 6.08 Å². The minimum Gasteiger partial charge on any atom is -0.435 e. The molecule has 0 bridgehead atoms. The van der Waals surface area contributed by atoms with E-state index in [9.17, 15) is 9.59 Å². The van der Waals surface area contributed by atoms with E-state index >= 15 is 0 Å². The highest BCUT2D eigenvalue weighted by molar-refractivity contribution is 5.84. The molecule has 0 saturated carbocycles. The first-order valence-electron chi connectivity index (χ1n) is 5.12. The van der Waals surface area contributed by atoms with Gasteiger partial charge in [-0.05, 0) is 18.4 Å². The normalized spacial score (nSPS) is 10.9. The van der Waals surface area contributed by atoms with Crippen LogP contribution in [0.15, 0.2) is 12.3 Å². The molecule has 0 unspecified atom stereocenters. The molecule has 15 heavy (non-hydrogen) atoms. The number of Topliss-reactive ketones (excluding diaryl/α,β-unsaturated/α-hetero) is 1. The maximum absolute atomic E-state index is 11.0. The van der Waals surface area contributed by atoms with Gasteiger partial charge in [-0.25, -0.2) is 0 Å². The Morgan fingerprint density at radius 2 is 2.00 bits per heavy atom. The Balaban J connectivity index is 3.57. The van der Waals surface area contributed by atoms with Crippen molar-refractivity contribution in [1.29, 1.82) is 0 Å². The standard InChI is InChI=1S/C11H19NO3/c1-9(2)4-3-7-15-11(14)6-5-10(13)8-12/h3,7,9H,4-6,8,12H2,1-2H3.